The minimum absolute atomic E-state index is 0.294. The number of nitrogens with zero attached hydrogens (tertiary/aromatic N) is 2. The van der Waals surface area contributed by atoms with Gasteiger partial charge in [0.1, 0.15) is 12.2 Å². The van der Waals surface area contributed by atoms with Crippen LogP contribution < -0.4 is 0 Å². The highest BCUT2D eigenvalue weighted by atomic mass is 32.4. The van der Waals surface area contributed by atoms with Gasteiger partial charge in [-0.15, -0.1) is 0 Å². The molecule has 0 aliphatic carbocycles. The third-order valence-corrected chi connectivity index (χ3v) is 9.25. The molecular weight excluding hydrogens is 239 g/mol. The molecule has 0 amide bonds. The first-order valence-electron chi connectivity index (χ1n) is 6.32. The molecule has 1 rings (SSSR count). The zero-order chi connectivity index (χ0) is 12.3. The number of hydrogen-bond acceptors (Lipinski definition) is 2. The molecule has 0 spiro atoms. The Balaban J connectivity index is 2.96. The van der Waals surface area contributed by atoms with Crippen molar-refractivity contribution in [2.24, 2.45) is 0 Å². The van der Waals surface area contributed by atoms with Crippen molar-refractivity contribution >= 4 is 18.1 Å². The number of ether oxygens (including phenoxy) is 1. The molecule has 3 nitrogen and oxygen atoms in total. The Morgan fingerprint density at radius 2 is 1.31 bits per heavy atom. The fourth-order valence-electron chi connectivity index (χ4n) is 2.29. The normalized spacial score (nSPS) is 25.4. The predicted molar refractivity (Wildman–Crippen MR) is 74.5 cm³/mol. The van der Waals surface area contributed by atoms with Crippen molar-refractivity contribution in [2.75, 3.05) is 26.2 Å². The first-order chi connectivity index (χ1) is 7.55. The second kappa shape index (κ2) is 5.92. The molecule has 1 fully saturated rings. The summed E-state index contributed by atoms with van der Waals surface area (Å²) in [7, 11) is 0. The average Bonchev–Trinajstić information content (AvgIpc) is 2.99. The number of rotatable bonds is 7. The highest BCUT2D eigenvalue weighted by molar-refractivity contribution is 8.12. The maximum atomic E-state index is 6.04. The van der Waals surface area contributed by atoms with Crippen LogP contribution in [0, 0.1) is 0 Å². The monoisotopic (exact) mass is 264 g/mol. The van der Waals surface area contributed by atoms with Gasteiger partial charge in [0, 0.05) is 26.2 Å². The molecule has 0 aromatic carbocycles. The Bertz CT molecular complexity index is 251. The third-order valence-electron chi connectivity index (χ3n) is 3.28. The van der Waals surface area contributed by atoms with Crippen molar-refractivity contribution in [2.45, 2.75) is 46.6 Å². The van der Waals surface area contributed by atoms with Crippen molar-refractivity contribution in [1.29, 1.82) is 0 Å². The molecule has 2 atom stereocenters. The van der Waals surface area contributed by atoms with Crippen LogP contribution in [0.25, 0.3) is 0 Å². The molecule has 1 saturated heterocycles. The number of epoxide rings is 1. The number of hydrogen-bond donors (Lipinski definition) is 0. The van der Waals surface area contributed by atoms with Gasteiger partial charge in [-0.05, 0) is 6.92 Å². The molecular formula is C11H25N2OPS. The zero-order valence-corrected chi connectivity index (χ0v) is 12.9. The van der Waals surface area contributed by atoms with E-state index in [1.165, 1.54) is 0 Å². The largest absolute Gasteiger partial charge is 0.361 e. The summed E-state index contributed by atoms with van der Waals surface area (Å²) in [5.41, 5.74) is 0. The molecule has 0 unspecified atom stereocenters. The lowest BCUT2D eigenvalue weighted by atomic mass is 10.6. The molecule has 1 aliphatic rings. The lowest BCUT2D eigenvalue weighted by Gasteiger charge is -2.40. The third kappa shape index (κ3) is 2.51. The van der Waals surface area contributed by atoms with Crippen LogP contribution in [-0.2, 0) is 16.5 Å². The topological polar surface area (TPSA) is 19.0 Å². The van der Waals surface area contributed by atoms with E-state index in [2.05, 4.69) is 44.0 Å². The lowest BCUT2D eigenvalue weighted by molar-refractivity contribution is 0.375. The van der Waals surface area contributed by atoms with Crippen LogP contribution in [-0.4, -0.2) is 47.5 Å². The van der Waals surface area contributed by atoms with E-state index >= 15 is 0 Å². The summed E-state index contributed by atoms with van der Waals surface area (Å²) >= 11 is 6.04. The van der Waals surface area contributed by atoms with Crippen LogP contribution in [0.4, 0.5) is 0 Å². The molecule has 0 saturated carbocycles. The minimum atomic E-state index is -1.68. The van der Waals surface area contributed by atoms with Crippen molar-refractivity contribution in [3.05, 3.63) is 0 Å². The van der Waals surface area contributed by atoms with E-state index in [9.17, 15) is 0 Å². The molecule has 1 heterocycles. The Labute approximate surface area is 105 Å². The van der Waals surface area contributed by atoms with Gasteiger partial charge < -0.3 is 4.74 Å². The fourth-order valence-corrected chi connectivity index (χ4v) is 7.85. The van der Waals surface area contributed by atoms with Crippen LogP contribution in [0.15, 0.2) is 0 Å². The molecule has 1 aliphatic heterocycles. The van der Waals surface area contributed by atoms with Crippen molar-refractivity contribution < 1.29 is 4.74 Å². The van der Waals surface area contributed by atoms with Crippen LogP contribution in [0.3, 0.4) is 0 Å². The van der Waals surface area contributed by atoms with Gasteiger partial charge in [-0.3, -0.25) is 9.34 Å². The SMILES string of the molecule is CCN(CC)P(=S)([C@@H]1O[C@@H]1C)N(CC)CC. The molecule has 0 aromatic rings. The van der Waals surface area contributed by atoms with Gasteiger partial charge in [0.25, 0.3) is 0 Å². The van der Waals surface area contributed by atoms with E-state index in [-0.39, 0.29) is 0 Å². The van der Waals surface area contributed by atoms with Gasteiger partial charge in [-0.25, -0.2) is 0 Å². The summed E-state index contributed by atoms with van der Waals surface area (Å²) in [6.45, 7) is 15.0. The van der Waals surface area contributed by atoms with E-state index in [1.807, 2.05) is 0 Å². The Kier molecular flexibility index (Phi) is 5.40. The van der Waals surface area contributed by atoms with E-state index in [0.717, 1.165) is 26.2 Å². The summed E-state index contributed by atoms with van der Waals surface area (Å²) in [5, 5.41) is 0. The van der Waals surface area contributed by atoms with Crippen LogP contribution in [0.1, 0.15) is 34.6 Å². The van der Waals surface area contributed by atoms with Crippen molar-refractivity contribution in [1.82, 2.24) is 9.34 Å². The van der Waals surface area contributed by atoms with Crippen molar-refractivity contribution in [3.8, 4) is 0 Å². The van der Waals surface area contributed by atoms with E-state index in [4.69, 9.17) is 16.5 Å². The fraction of sp³-hybridized carbons (Fsp3) is 1.00. The van der Waals surface area contributed by atoms with E-state index in [0.29, 0.717) is 11.9 Å². The maximum absolute atomic E-state index is 6.04. The highest BCUT2D eigenvalue weighted by Crippen LogP contribution is 2.64. The second-order valence-electron chi connectivity index (χ2n) is 4.10. The standard InChI is InChI=1S/C11H25N2OPS/c1-6-12(7-2)15(16,11-10(5)14-11)13(8-3)9-4/h10-11H,6-9H2,1-5H3/t10-,11+/m1/s1. The minimum Gasteiger partial charge on any atom is -0.361 e. The molecule has 0 N–H and O–H groups in total. The van der Waals surface area contributed by atoms with E-state index < -0.39 is 6.34 Å². The maximum Gasteiger partial charge on any atom is 0.137 e. The molecule has 16 heavy (non-hydrogen) atoms. The van der Waals surface area contributed by atoms with Crippen LogP contribution in [0.2, 0.25) is 0 Å². The molecule has 5 heteroatoms. The predicted octanol–water partition coefficient (Wildman–Crippen LogP) is 2.72. The van der Waals surface area contributed by atoms with Crippen LogP contribution >= 0.6 is 6.34 Å². The summed E-state index contributed by atoms with van der Waals surface area (Å²) < 4.78 is 10.6. The Morgan fingerprint density at radius 1 is 1.00 bits per heavy atom. The van der Waals surface area contributed by atoms with Gasteiger partial charge in [0.2, 0.25) is 0 Å². The van der Waals surface area contributed by atoms with Crippen LogP contribution in [0.5, 0.6) is 0 Å². The van der Waals surface area contributed by atoms with Gasteiger partial charge in [0.05, 0.1) is 6.10 Å². The zero-order valence-electron chi connectivity index (χ0n) is 11.1. The van der Waals surface area contributed by atoms with Gasteiger partial charge in [0.15, 0.2) is 0 Å². The quantitative estimate of drug-likeness (QED) is 0.520. The summed E-state index contributed by atoms with van der Waals surface area (Å²) in [6, 6.07) is 0. The summed E-state index contributed by atoms with van der Waals surface area (Å²) in [4.78, 5) is 0. The molecule has 0 bridgehead atoms. The average molecular weight is 264 g/mol. The molecule has 0 radical (unpaired) electrons. The Hall–Kier alpha value is 0.530. The molecule has 96 valence electrons. The highest BCUT2D eigenvalue weighted by Gasteiger charge is 2.51. The summed E-state index contributed by atoms with van der Waals surface area (Å²) in [6.07, 6.45) is -1.33. The molecule has 0 aromatic heterocycles. The van der Waals surface area contributed by atoms with Gasteiger partial charge in [-0.2, -0.15) is 0 Å². The second-order valence-corrected chi connectivity index (χ2v) is 8.53. The first-order valence-corrected chi connectivity index (χ1v) is 9.09. The van der Waals surface area contributed by atoms with Gasteiger partial charge >= 0.3 is 0 Å². The smallest absolute Gasteiger partial charge is 0.137 e. The first kappa shape index (κ1) is 14.6. The van der Waals surface area contributed by atoms with Crippen molar-refractivity contribution in [3.63, 3.8) is 0 Å². The van der Waals surface area contributed by atoms with E-state index in [1.54, 1.807) is 0 Å². The lowest BCUT2D eigenvalue weighted by Crippen LogP contribution is -2.34. The summed E-state index contributed by atoms with van der Waals surface area (Å²) in [5.74, 6) is 0.294. The van der Waals surface area contributed by atoms with Gasteiger partial charge in [-0.1, -0.05) is 39.5 Å². The Morgan fingerprint density at radius 3 is 1.50 bits per heavy atom.